The van der Waals surface area contributed by atoms with Gasteiger partial charge in [-0.1, -0.05) is 0 Å². The molecule has 1 aromatic rings. The molecule has 0 radical (unpaired) electrons. The van der Waals surface area contributed by atoms with E-state index in [4.69, 9.17) is 4.74 Å². The molecule has 0 saturated carbocycles. The fourth-order valence-electron chi connectivity index (χ4n) is 4.28. The van der Waals surface area contributed by atoms with Gasteiger partial charge in [0, 0.05) is 38.8 Å². The standard InChI is InChI=1S/C18H30N4O/c1-14(2)22-13-18(11-16(22)12-23-4)7-9-21(10-8-18)17-6-5-15(3)19-20-17/h5-6,14,16H,7-13H2,1-4H3/t16-/m0/s1. The van der Waals surface area contributed by atoms with Gasteiger partial charge in [0.1, 0.15) is 0 Å². The molecule has 23 heavy (non-hydrogen) atoms. The summed E-state index contributed by atoms with van der Waals surface area (Å²) in [7, 11) is 1.82. The molecule has 3 rings (SSSR count). The van der Waals surface area contributed by atoms with Gasteiger partial charge in [-0.05, 0) is 57.6 Å². The Hall–Kier alpha value is -1.20. The van der Waals surface area contributed by atoms with Gasteiger partial charge in [0.25, 0.3) is 0 Å². The molecule has 5 heteroatoms. The lowest BCUT2D eigenvalue weighted by molar-refractivity contribution is 0.0975. The van der Waals surface area contributed by atoms with E-state index >= 15 is 0 Å². The number of aromatic nitrogens is 2. The maximum atomic E-state index is 5.47. The third-order valence-electron chi connectivity index (χ3n) is 5.61. The normalized spacial score (nSPS) is 24.7. The summed E-state index contributed by atoms with van der Waals surface area (Å²) in [5.74, 6) is 1.03. The van der Waals surface area contributed by atoms with Crippen LogP contribution in [0.15, 0.2) is 12.1 Å². The maximum absolute atomic E-state index is 5.47. The smallest absolute Gasteiger partial charge is 0.151 e. The van der Waals surface area contributed by atoms with Crippen molar-refractivity contribution in [2.45, 2.75) is 52.1 Å². The molecule has 0 amide bonds. The van der Waals surface area contributed by atoms with Crippen LogP contribution in [0.4, 0.5) is 5.82 Å². The number of methoxy groups -OCH3 is 1. The molecule has 0 N–H and O–H groups in total. The molecule has 1 aromatic heterocycles. The van der Waals surface area contributed by atoms with Crippen LogP contribution in [-0.4, -0.2) is 60.5 Å². The summed E-state index contributed by atoms with van der Waals surface area (Å²) in [5.41, 5.74) is 1.44. The Morgan fingerprint density at radius 1 is 1.26 bits per heavy atom. The highest BCUT2D eigenvalue weighted by Crippen LogP contribution is 2.44. The highest BCUT2D eigenvalue weighted by atomic mass is 16.5. The number of rotatable bonds is 4. The zero-order valence-electron chi connectivity index (χ0n) is 15.0. The molecule has 2 saturated heterocycles. The molecule has 0 aromatic carbocycles. The summed E-state index contributed by atoms with van der Waals surface area (Å²) in [6.45, 7) is 10.8. The summed E-state index contributed by atoms with van der Waals surface area (Å²) in [6.07, 6.45) is 3.75. The third-order valence-corrected chi connectivity index (χ3v) is 5.61. The van der Waals surface area contributed by atoms with Gasteiger partial charge < -0.3 is 9.64 Å². The van der Waals surface area contributed by atoms with Gasteiger partial charge in [0.05, 0.1) is 12.3 Å². The number of nitrogens with zero attached hydrogens (tertiary/aromatic N) is 4. The maximum Gasteiger partial charge on any atom is 0.151 e. The lowest BCUT2D eigenvalue weighted by Gasteiger charge is -2.40. The highest BCUT2D eigenvalue weighted by molar-refractivity contribution is 5.38. The van der Waals surface area contributed by atoms with E-state index in [-0.39, 0.29) is 0 Å². The SMILES string of the molecule is COC[C@@H]1CC2(CCN(c3ccc(C)nn3)CC2)CN1C(C)C. The van der Waals surface area contributed by atoms with Crippen molar-refractivity contribution in [1.82, 2.24) is 15.1 Å². The van der Waals surface area contributed by atoms with Gasteiger partial charge in [-0.2, -0.15) is 5.10 Å². The fourth-order valence-corrected chi connectivity index (χ4v) is 4.28. The predicted molar refractivity (Wildman–Crippen MR) is 92.8 cm³/mol. The molecule has 1 spiro atoms. The Labute approximate surface area is 140 Å². The number of piperidine rings is 1. The minimum Gasteiger partial charge on any atom is -0.383 e. The van der Waals surface area contributed by atoms with Crippen LogP contribution in [0.1, 0.15) is 38.8 Å². The number of hydrogen-bond acceptors (Lipinski definition) is 5. The van der Waals surface area contributed by atoms with Crippen LogP contribution in [-0.2, 0) is 4.74 Å². The van der Waals surface area contributed by atoms with Crippen LogP contribution in [0, 0.1) is 12.3 Å². The Kier molecular flexibility index (Phi) is 4.87. The van der Waals surface area contributed by atoms with Crippen LogP contribution in [0.5, 0.6) is 0 Å². The molecule has 5 nitrogen and oxygen atoms in total. The van der Waals surface area contributed by atoms with E-state index < -0.39 is 0 Å². The third kappa shape index (κ3) is 3.50. The summed E-state index contributed by atoms with van der Waals surface area (Å²) < 4.78 is 5.47. The molecule has 2 aliphatic rings. The molecule has 3 heterocycles. The van der Waals surface area contributed by atoms with E-state index in [0.717, 1.165) is 31.2 Å². The molecule has 1 atom stereocenters. The summed E-state index contributed by atoms with van der Waals surface area (Å²) in [4.78, 5) is 5.03. The Bertz CT molecular complexity index is 508. The molecule has 128 valence electrons. The zero-order chi connectivity index (χ0) is 16.4. The van der Waals surface area contributed by atoms with E-state index in [1.807, 2.05) is 14.0 Å². The second kappa shape index (κ2) is 6.73. The van der Waals surface area contributed by atoms with Crippen molar-refractivity contribution in [2.24, 2.45) is 5.41 Å². The molecule has 0 bridgehead atoms. The van der Waals surface area contributed by atoms with E-state index in [0.29, 0.717) is 17.5 Å². The van der Waals surface area contributed by atoms with Gasteiger partial charge in [0.15, 0.2) is 5.82 Å². The summed E-state index contributed by atoms with van der Waals surface area (Å²) in [5, 5.41) is 8.55. The summed E-state index contributed by atoms with van der Waals surface area (Å²) >= 11 is 0. The molecule has 2 fully saturated rings. The van der Waals surface area contributed by atoms with Crippen molar-refractivity contribution in [3.8, 4) is 0 Å². The number of aryl methyl sites for hydroxylation is 1. The Morgan fingerprint density at radius 2 is 2.00 bits per heavy atom. The summed E-state index contributed by atoms with van der Waals surface area (Å²) in [6, 6.07) is 5.32. The van der Waals surface area contributed by atoms with Crippen molar-refractivity contribution >= 4 is 5.82 Å². The molecule has 2 aliphatic heterocycles. The van der Waals surface area contributed by atoms with Crippen LogP contribution < -0.4 is 4.90 Å². The first-order valence-corrected chi connectivity index (χ1v) is 8.83. The first kappa shape index (κ1) is 16.7. The number of anilines is 1. The number of ether oxygens (including phenoxy) is 1. The molecule has 0 unspecified atom stereocenters. The minimum absolute atomic E-state index is 0.460. The molecule has 0 aliphatic carbocycles. The van der Waals surface area contributed by atoms with Crippen molar-refractivity contribution in [1.29, 1.82) is 0 Å². The van der Waals surface area contributed by atoms with Crippen molar-refractivity contribution in [2.75, 3.05) is 38.3 Å². The van der Waals surface area contributed by atoms with Gasteiger partial charge in [-0.3, -0.25) is 4.90 Å². The number of likely N-dealkylation sites (tertiary alicyclic amines) is 1. The minimum atomic E-state index is 0.460. The lowest BCUT2D eigenvalue weighted by Crippen LogP contribution is -2.43. The second-order valence-corrected chi connectivity index (χ2v) is 7.60. The van der Waals surface area contributed by atoms with Crippen molar-refractivity contribution < 1.29 is 4.74 Å². The number of hydrogen-bond donors (Lipinski definition) is 0. The molecular formula is C18H30N4O. The second-order valence-electron chi connectivity index (χ2n) is 7.60. The van der Waals surface area contributed by atoms with Gasteiger partial charge in [0.2, 0.25) is 0 Å². The topological polar surface area (TPSA) is 41.5 Å². The predicted octanol–water partition coefficient (Wildman–Crippen LogP) is 2.50. The largest absolute Gasteiger partial charge is 0.383 e. The molecular weight excluding hydrogens is 288 g/mol. The van der Waals surface area contributed by atoms with Crippen LogP contribution in [0.2, 0.25) is 0 Å². The zero-order valence-corrected chi connectivity index (χ0v) is 15.0. The van der Waals surface area contributed by atoms with E-state index in [1.165, 1.54) is 25.8 Å². The van der Waals surface area contributed by atoms with Crippen molar-refractivity contribution in [3.05, 3.63) is 17.8 Å². The average Bonchev–Trinajstić information content (AvgIpc) is 2.88. The van der Waals surface area contributed by atoms with Crippen molar-refractivity contribution in [3.63, 3.8) is 0 Å². The fraction of sp³-hybridized carbons (Fsp3) is 0.778. The van der Waals surface area contributed by atoms with Crippen LogP contribution in [0.25, 0.3) is 0 Å². The highest BCUT2D eigenvalue weighted by Gasteiger charge is 2.46. The lowest BCUT2D eigenvalue weighted by atomic mass is 9.76. The monoisotopic (exact) mass is 318 g/mol. The van der Waals surface area contributed by atoms with E-state index in [9.17, 15) is 0 Å². The Morgan fingerprint density at radius 3 is 2.57 bits per heavy atom. The van der Waals surface area contributed by atoms with Gasteiger partial charge in [-0.15, -0.1) is 5.10 Å². The van der Waals surface area contributed by atoms with Crippen LogP contribution in [0.3, 0.4) is 0 Å². The quantitative estimate of drug-likeness (QED) is 0.853. The van der Waals surface area contributed by atoms with Crippen LogP contribution >= 0.6 is 0 Å². The first-order valence-electron chi connectivity index (χ1n) is 8.83. The van der Waals surface area contributed by atoms with Gasteiger partial charge in [-0.25, -0.2) is 0 Å². The van der Waals surface area contributed by atoms with E-state index in [1.54, 1.807) is 0 Å². The first-order chi connectivity index (χ1) is 11.0. The Balaban J connectivity index is 1.64. The van der Waals surface area contributed by atoms with Gasteiger partial charge >= 0.3 is 0 Å². The average molecular weight is 318 g/mol. The van der Waals surface area contributed by atoms with E-state index in [2.05, 4.69) is 46.0 Å².